The van der Waals surface area contributed by atoms with Crippen molar-refractivity contribution < 1.29 is 18.3 Å². The average molecular weight is 516 g/mol. The molecule has 8 heteroatoms. The molecule has 0 aliphatic heterocycles. The lowest BCUT2D eigenvalue weighted by atomic mass is 9.93. The number of hydrogen-bond acceptors (Lipinski definition) is 5. The zero-order valence-corrected chi connectivity index (χ0v) is 21.7. The van der Waals surface area contributed by atoms with Gasteiger partial charge >= 0.3 is 6.03 Å². The SMILES string of the molecule is CC(C)(O)c1cc(-c2ccccc2)cc(S(=O)(=O)NC(=O)Nc2c3c(c(C#N)c4c2CCC4)CCC3)c1. The van der Waals surface area contributed by atoms with Gasteiger partial charge in [-0.1, -0.05) is 30.3 Å². The third-order valence-corrected chi connectivity index (χ3v) is 8.56. The molecule has 3 aromatic rings. The number of carbonyl (C=O) groups is 1. The number of nitrogens with zero attached hydrogens (tertiary/aromatic N) is 1. The van der Waals surface area contributed by atoms with Crippen molar-refractivity contribution in [3.63, 3.8) is 0 Å². The van der Waals surface area contributed by atoms with Crippen LogP contribution in [0.25, 0.3) is 11.1 Å². The third kappa shape index (κ3) is 4.73. The Bertz CT molecular complexity index is 1510. The minimum Gasteiger partial charge on any atom is -0.386 e. The molecular weight excluding hydrogens is 486 g/mol. The molecule has 37 heavy (non-hydrogen) atoms. The molecule has 0 spiro atoms. The predicted molar refractivity (Wildman–Crippen MR) is 142 cm³/mol. The van der Waals surface area contributed by atoms with Crippen molar-refractivity contribution in [3.05, 3.63) is 81.9 Å². The number of rotatable bonds is 5. The van der Waals surface area contributed by atoms with Gasteiger partial charge in [-0.05, 0) is 110 Å². The number of urea groups is 1. The maximum Gasteiger partial charge on any atom is 0.333 e. The van der Waals surface area contributed by atoms with Crippen LogP contribution in [0.4, 0.5) is 10.5 Å². The first-order valence-corrected chi connectivity index (χ1v) is 13.9. The Morgan fingerprint density at radius 1 is 0.919 bits per heavy atom. The van der Waals surface area contributed by atoms with Gasteiger partial charge in [0.25, 0.3) is 10.0 Å². The Morgan fingerprint density at radius 3 is 2.08 bits per heavy atom. The molecule has 2 aliphatic carbocycles. The summed E-state index contributed by atoms with van der Waals surface area (Å²) >= 11 is 0. The summed E-state index contributed by atoms with van der Waals surface area (Å²) in [6.45, 7) is 3.17. The van der Waals surface area contributed by atoms with Gasteiger partial charge in [-0.25, -0.2) is 17.9 Å². The molecule has 0 heterocycles. The van der Waals surface area contributed by atoms with Gasteiger partial charge in [-0.3, -0.25) is 0 Å². The van der Waals surface area contributed by atoms with Crippen molar-refractivity contribution in [3.8, 4) is 17.2 Å². The van der Waals surface area contributed by atoms with Crippen LogP contribution in [0.15, 0.2) is 53.4 Å². The highest BCUT2D eigenvalue weighted by molar-refractivity contribution is 7.90. The van der Waals surface area contributed by atoms with Crippen LogP contribution >= 0.6 is 0 Å². The van der Waals surface area contributed by atoms with Crippen molar-refractivity contribution in [2.75, 3.05) is 5.32 Å². The summed E-state index contributed by atoms with van der Waals surface area (Å²) in [4.78, 5) is 13.0. The van der Waals surface area contributed by atoms with Gasteiger partial charge in [0.2, 0.25) is 0 Å². The first-order valence-electron chi connectivity index (χ1n) is 12.4. The third-order valence-electron chi connectivity index (χ3n) is 7.25. The van der Waals surface area contributed by atoms with Crippen molar-refractivity contribution in [1.82, 2.24) is 4.72 Å². The number of carbonyl (C=O) groups excluding carboxylic acids is 1. The number of fused-ring (bicyclic) bond motifs is 2. The van der Waals surface area contributed by atoms with Crippen molar-refractivity contribution >= 4 is 21.7 Å². The van der Waals surface area contributed by atoms with Gasteiger partial charge in [-0.15, -0.1) is 0 Å². The molecule has 3 N–H and O–H groups in total. The number of anilines is 1. The predicted octanol–water partition coefficient (Wildman–Crippen LogP) is 4.94. The smallest absolute Gasteiger partial charge is 0.333 e. The normalized spacial score (nSPS) is 14.5. The molecule has 0 bridgehead atoms. The molecule has 190 valence electrons. The van der Waals surface area contributed by atoms with Crippen LogP contribution in [0.3, 0.4) is 0 Å². The summed E-state index contributed by atoms with van der Waals surface area (Å²) in [6.07, 6.45) is 4.85. The summed E-state index contributed by atoms with van der Waals surface area (Å²) in [5, 5.41) is 23.2. The van der Waals surface area contributed by atoms with E-state index in [4.69, 9.17) is 0 Å². The van der Waals surface area contributed by atoms with E-state index in [1.54, 1.807) is 19.9 Å². The van der Waals surface area contributed by atoms with E-state index >= 15 is 0 Å². The van der Waals surface area contributed by atoms with Crippen molar-refractivity contribution in [2.45, 2.75) is 62.9 Å². The lowest BCUT2D eigenvalue weighted by Gasteiger charge is -2.21. The van der Waals surface area contributed by atoms with E-state index < -0.39 is 21.7 Å². The number of nitrogens with one attached hydrogen (secondary N) is 2. The first kappa shape index (κ1) is 25.0. The van der Waals surface area contributed by atoms with Gasteiger partial charge in [0.05, 0.1) is 22.1 Å². The van der Waals surface area contributed by atoms with E-state index in [-0.39, 0.29) is 4.90 Å². The highest BCUT2D eigenvalue weighted by Crippen LogP contribution is 2.41. The number of aliphatic hydroxyl groups is 1. The molecule has 3 aromatic carbocycles. The van der Waals surface area contributed by atoms with Gasteiger partial charge in [0.15, 0.2) is 0 Å². The number of hydrogen-bond donors (Lipinski definition) is 3. The molecular formula is C29H29N3O4S. The van der Waals surface area contributed by atoms with E-state index in [1.807, 2.05) is 30.3 Å². The quantitative estimate of drug-likeness (QED) is 0.445. The second-order valence-electron chi connectivity index (χ2n) is 10.2. The van der Waals surface area contributed by atoms with Crippen molar-refractivity contribution in [2.24, 2.45) is 0 Å². The van der Waals surface area contributed by atoms with E-state index in [0.717, 1.165) is 71.9 Å². The van der Waals surface area contributed by atoms with E-state index in [9.17, 15) is 23.6 Å². The zero-order chi connectivity index (χ0) is 26.4. The van der Waals surface area contributed by atoms with Gasteiger partial charge in [-0.2, -0.15) is 5.26 Å². The number of amides is 2. The second-order valence-corrected chi connectivity index (χ2v) is 11.9. The Labute approximate surface area is 217 Å². The summed E-state index contributed by atoms with van der Waals surface area (Å²) in [5.41, 5.74) is 5.76. The van der Waals surface area contributed by atoms with E-state index in [1.165, 1.54) is 12.1 Å². The van der Waals surface area contributed by atoms with E-state index in [0.29, 0.717) is 16.8 Å². The number of benzene rings is 3. The van der Waals surface area contributed by atoms with Gasteiger partial charge < -0.3 is 10.4 Å². The fourth-order valence-corrected chi connectivity index (χ4v) is 6.44. The van der Waals surface area contributed by atoms with Crippen LogP contribution in [0.1, 0.15) is 60.1 Å². The van der Waals surface area contributed by atoms with Crippen LogP contribution < -0.4 is 10.0 Å². The molecule has 0 unspecified atom stereocenters. The minimum atomic E-state index is -4.26. The monoisotopic (exact) mass is 515 g/mol. The highest BCUT2D eigenvalue weighted by Gasteiger charge is 2.30. The highest BCUT2D eigenvalue weighted by atomic mass is 32.2. The maximum absolute atomic E-state index is 13.4. The summed E-state index contributed by atoms with van der Waals surface area (Å²) in [5.74, 6) is 0. The maximum atomic E-state index is 13.4. The molecule has 0 saturated carbocycles. The molecule has 7 nitrogen and oxygen atoms in total. The van der Waals surface area contributed by atoms with Gasteiger partial charge in [0.1, 0.15) is 0 Å². The lowest BCUT2D eigenvalue weighted by Crippen LogP contribution is -2.35. The Kier molecular flexibility index (Phi) is 6.30. The van der Waals surface area contributed by atoms with Crippen LogP contribution in [0.5, 0.6) is 0 Å². The molecule has 0 aromatic heterocycles. The number of sulfonamides is 1. The Hall–Kier alpha value is -3.67. The lowest BCUT2D eigenvalue weighted by molar-refractivity contribution is 0.0784. The van der Waals surface area contributed by atoms with Gasteiger partial charge in [0, 0.05) is 5.69 Å². The standard InChI is InChI=1S/C29H29N3O4S/c1-29(2,34)20-14-19(18-8-4-3-5-9-18)15-21(16-20)37(35,36)32-28(33)31-27-24-12-6-10-22(24)26(17-30)23-11-7-13-25(23)27/h3-5,8-9,14-16,34H,6-7,10-13H2,1-2H3,(H2,31,32,33). The molecule has 0 radical (unpaired) electrons. The van der Waals surface area contributed by atoms with Crippen LogP contribution in [-0.2, 0) is 41.3 Å². The minimum absolute atomic E-state index is 0.114. The molecule has 0 fully saturated rings. The molecule has 0 atom stereocenters. The van der Waals surface area contributed by atoms with Crippen LogP contribution in [-0.4, -0.2) is 19.6 Å². The Balaban J connectivity index is 1.49. The first-order chi connectivity index (χ1) is 17.6. The fourth-order valence-electron chi connectivity index (χ4n) is 5.47. The molecule has 2 aliphatic rings. The Morgan fingerprint density at radius 2 is 1.51 bits per heavy atom. The van der Waals surface area contributed by atoms with Crippen LogP contribution in [0, 0.1) is 11.3 Å². The van der Waals surface area contributed by atoms with Crippen LogP contribution in [0.2, 0.25) is 0 Å². The average Bonchev–Trinajstić information content (AvgIpc) is 3.54. The summed E-state index contributed by atoms with van der Waals surface area (Å²) in [7, 11) is -4.26. The topological polar surface area (TPSA) is 119 Å². The summed E-state index contributed by atoms with van der Waals surface area (Å²) < 4.78 is 28.9. The largest absolute Gasteiger partial charge is 0.386 e. The molecule has 5 rings (SSSR count). The summed E-state index contributed by atoms with van der Waals surface area (Å²) in [6, 6.07) is 15.4. The molecule has 0 saturated heterocycles. The zero-order valence-electron chi connectivity index (χ0n) is 20.9. The van der Waals surface area contributed by atoms with E-state index in [2.05, 4.69) is 16.1 Å². The number of nitriles is 1. The fraction of sp³-hybridized carbons (Fsp3) is 0.310. The molecule has 2 amide bonds. The second kappa shape index (κ2) is 9.33. The van der Waals surface area contributed by atoms with Crippen molar-refractivity contribution in [1.29, 1.82) is 5.26 Å².